The van der Waals surface area contributed by atoms with Gasteiger partial charge >= 0.3 is 5.97 Å². The summed E-state index contributed by atoms with van der Waals surface area (Å²) >= 11 is 0. The summed E-state index contributed by atoms with van der Waals surface area (Å²) < 4.78 is 17.8. The average Bonchev–Trinajstić information content (AvgIpc) is 2.19. The quantitative estimate of drug-likeness (QED) is 0.487. The summed E-state index contributed by atoms with van der Waals surface area (Å²) in [4.78, 5) is 11.8. The highest BCUT2D eigenvalue weighted by atomic mass is 31.2. The first-order chi connectivity index (χ1) is 7.55. The third-order valence-corrected chi connectivity index (χ3v) is 6.84. The Bertz CT molecular complexity index is 241. The SMILES string of the molecule is CCCP(=O)(CCC)C(CC)C(=O)OCC. The molecule has 16 heavy (non-hydrogen) atoms. The minimum atomic E-state index is -2.39. The minimum Gasteiger partial charge on any atom is -0.465 e. The molecule has 0 heterocycles. The van der Waals surface area contributed by atoms with Crippen LogP contribution in [0.2, 0.25) is 0 Å². The van der Waals surface area contributed by atoms with E-state index >= 15 is 0 Å². The molecule has 0 aliphatic carbocycles. The fourth-order valence-corrected chi connectivity index (χ4v) is 5.60. The molecule has 0 rings (SSSR count). The average molecular weight is 248 g/mol. The van der Waals surface area contributed by atoms with E-state index in [1.807, 2.05) is 20.8 Å². The van der Waals surface area contributed by atoms with Crippen LogP contribution in [0.1, 0.15) is 47.0 Å². The molecule has 0 N–H and O–H groups in total. The normalized spacial score (nSPS) is 13.5. The van der Waals surface area contributed by atoms with Gasteiger partial charge < -0.3 is 9.30 Å². The third-order valence-electron chi connectivity index (χ3n) is 2.72. The lowest BCUT2D eigenvalue weighted by molar-refractivity contribution is -0.142. The van der Waals surface area contributed by atoms with Crippen LogP contribution >= 0.6 is 7.14 Å². The third kappa shape index (κ3) is 4.29. The Morgan fingerprint density at radius 3 is 1.94 bits per heavy atom. The molecule has 0 aromatic rings. The van der Waals surface area contributed by atoms with Crippen LogP contribution in [0, 0.1) is 0 Å². The Kier molecular flexibility index (Phi) is 7.74. The largest absolute Gasteiger partial charge is 0.465 e. The maximum atomic E-state index is 12.8. The zero-order valence-electron chi connectivity index (χ0n) is 11.0. The van der Waals surface area contributed by atoms with E-state index in [1.165, 1.54) is 0 Å². The van der Waals surface area contributed by atoms with Crippen LogP contribution in [0.3, 0.4) is 0 Å². The topological polar surface area (TPSA) is 43.4 Å². The smallest absolute Gasteiger partial charge is 0.316 e. The fraction of sp³-hybridized carbons (Fsp3) is 0.917. The van der Waals surface area contributed by atoms with Crippen LogP contribution in [0.4, 0.5) is 0 Å². The van der Waals surface area contributed by atoms with Gasteiger partial charge in [-0.25, -0.2) is 0 Å². The van der Waals surface area contributed by atoms with Gasteiger partial charge in [-0.15, -0.1) is 0 Å². The molecule has 0 aromatic heterocycles. The van der Waals surface area contributed by atoms with E-state index in [2.05, 4.69) is 0 Å². The lowest BCUT2D eigenvalue weighted by Gasteiger charge is -2.24. The molecule has 0 aliphatic heterocycles. The number of carbonyl (C=O) groups is 1. The highest BCUT2D eigenvalue weighted by molar-refractivity contribution is 7.65. The first kappa shape index (κ1) is 15.7. The van der Waals surface area contributed by atoms with Gasteiger partial charge in [-0.05, 0) is 26.2 Å². The van der Waals surface area contributed by atoms with Gasteiger partial charge in [0.1, 0.15) is 12.8 Å². The molecule has 0 fully saturated rings. The van der Waals surface area contributed by atoms with Crippen LogP contribution in [0.15, 0.2) is 0 Å². The molecule has 0 aliphatic rings. The van der Waals surface area contributed by atoms with Gasteiger partial charge in [-0.1, -0.05) is 20.8 Å². The van der Waals surface area contributed by atoms with Crippen molar-refractivity contribution in [3.05, 3.63) is 0 Å². The lowest BCUT2D eigenvalue weighted by atomic mass is 10.3. The van der Waals surface area contributed by atoms with Crippen molar-refractivity contribution in [3.63, 3.8) is 0 Å². The molecule has 3 nitrogen and oxygen atoms in total. The van der Waals surface area contributed by atoms with Crippen molar-refractivity contribution < 1.29 is 14.1 Å². The van der Waals surface area contributed by atoms with Crippen molar-refractivity contribution in [2.24, 2.45) is 0 Å². The van der Waals surface area contributed by atoms with E-state index in [4.69, 9.17) is 4.74 Å². The van der Waals surface area contributed by atoms with Crippen molar-refractivity contribution in [1.29, 1.82) is 0 Å². The Balaban J connectivity index is 4.83. The van der Waals surface area contributed by atoms with Crippen molar-refractivity contribution in [2.75, 3.05) is 18.9 Å². The van der Waals surface area contributed by atoms with Crippen LogP contribution < -0.4 is 0 Å². The first-order valence-corrected chi connectivity index (χ1v) is 8.44. The van der Waals surface area contributed by atoms with Crippen LogP contribution in [0.25, 0.3) is 0 Å². The van der Waals surface area contributed by atoms with E-state index in [9.17, 15) is 9.36 Å². The van der Waals surface area contributed by atoms with E-state index < -0.39 is 7.14 Å². The molecular formula is C12H25O3P. The molecular weight excluding hydrogens is 223 g/mol. The Morgan fingerprint density at radius 1 is 1.12 bits per heavy atom. The van der Waals surface area contributed by atoms with E-state index in [1.54, 1.807) is 6.92 Å². The predicted octanol–water partition coefficient (Wildman–Crippen LogP) is 3.51. The second-order valence-corrected chi connectivity index (χ2v) is 7.50. The number of carbonyl (C=O) groups excluding carboxylic acids is 1. The predicted molar refractivity (Wildman–Crippen MR) is 68.6 cm³/mol. The van der Waals surface area contributed by atoms with Gasteiger partial charge in [0.15, 0.2) is 0 Å². The minimum absolute atomic E-state index is 0.268. The molecule has 4 heteroatoms. The van der Waals surface area contributed by atoms with E-state index in [0.29, 0.717) is 25.4 Å². The molecule has 0 saturated carbocycles. The molecule has 0 bridgehead atoms. The van der Waals surface area contributed by atoms with Gasteiger partial charge in [0.2, 0.25) is 0 Å². The number of hydrogen-bond donors (Lipinski definition) is 0. The summed E-state index contributed by atoms with van der Waals surface area (Å²) in [5.74, 6) is -0.268. The van der Waals surface area contributed by atoms with Crippen molar-refractivity contribution in [1.82, 2.24) is 0 Å². The standard InChI is InChI=1S/C12H25O3P/c1-5-9-16(14,10-6-2)11(7-3)12(13)15-8-4/h11H,5-10H2,1-4H3. The zero-order valence-corrected chi connectivity index (χ0v) is 11.9. The Morgan fingerprint density at radius 2 is 1.62 bits per heavy atom. The number of hydrogen-bond acceptors (Lipinski definition) is 3. The summed E-state index contributed by atoms with van der Waals surface area (Å²) in [7, 11) is -2.39. The van der Waals surface area contributed by atoms with Crippen LogP contribution in [-0.4, -0.2) is 30.6 Å². The molecule has 1 atom stereocenters. The van der Waals surface area contributed by atoms with Gasteiger partial charge in [0.05, 0.1) is 6.61 Å². The zero-order chi connectivity index (χ0) is 12.6. The molecule has 0 aromatic carbocycles. The Hall–Kier alpha value is -0.300. The number of esters is 1. The molecule has 1 unspecified atom stereocenters. The lowest BCUT2D eigenvalue weighted by Crippen LogP contribution is -2.25. The molecule has 0 radical (unpaired) electrons. The molecule has 0 spiro atoms. The van der Waals surface area contributed by atoms with Crippen LogP contribution in [0.5, 0.6) is 0 Å². The molecule has 96 valence electrons. The van der Waals surface area contributed by atoms with Crippen LogP contribution in [-0.2, 0) is 14.1 Å². The van der Waals surface area contributed by atoms with Gasteiger partial charge in [0, 0.05) is 12.3 Å². The fourth-order valence-electron chi connectivity index (χ4n) is 2.11. The number of rotatable bonds is 8. The first-order valence-electron chi connectivity index (χ1n) is 6.30. The molecule has 0 saturated heterocycles. The van der Waals surface area contributed by atoms with Gasteiger partial charge in [0.25, 0.3) is 0 Å². The second-order valence-electron chi connectivity index (χ2n) is 4.08. The highest BCUT2D eigenvalue weighted by Gasteiger charge is 2.36. The summed E-state index contributed by atoms with van der Waals surface area (Å²) in [5, 5.41) is 0. The van der Waals surface area contributed by atoms with Crippen molar-refractivity contribution >= 4 is 13.1 Å². The summed E-state index contributed by atoms with van der Waals surface area (Å²) in [5.41, 5.74) is -0.382. The van der Waals surface area contributed by atoms with Crippen molar-refractivity contribution in [3.8, 4) is 0 Å². The summed E-state index contributed by atoms with van der Waals surface area (Å²) in [6, 6.07) is 0. The Labute approximate surface area is 99.3 Å². The van der Waals surface area contributed by atoms with Gasteiger partial charge in [-0.3, -0.25) is 4.79 Å². The van der Waals surface area contributed by atoms with Crippen molar-refractivity contribution in [2.45, 2.75) is 52.6 Å². The monoisotopic (exact) mass is 248 g/mol. The maximum Gasteiger partial charge on any atom is 0.316 e. The highest BCUT2D eigenvalue weighted by Crippen LogP contribution is 2.53. The molecule has 0 amide bonds. The maximum absolute atomic E-state index is 12.8. The summed E-state index contributed by atoms with van der Waals surface area (Å²) in [6.45, 7) is 8.10. The van der Waals surface area contributed by atoms with E-state index in [-0.39, 0.29) is 11.6 Å². The van der Waals surface area contributed by atoms with Gasteiger partial charge in [-0.2, -0.15) is 0 Å². The van der Waals surface area contributed by atoms with E-state index in [0.717, 1.165) is 12.8 Å². The number of ether oxygens (including phenoxy) is 1. The second kappa shape index (κ2) is 7.89. The summed E-state index contributed by atoms with van der Waals surface area (Å²) in [6.07, 6.45) is 3.69.